The zero-order chi connectivity index (χ0) is 26.8. The molecule has 0 aliphatic heterocycles. The molecule has 37 heavy (non-hydrogen) atoms. The maximum Gasteiger partial charge on any atom is 0.230 e. The molecule has 2 saturated carbocycles. The van der Waals surface area contributed by atoms with Crippen LogP contribution in [0.15, 0.2) is 42.0 Å². The third-order valence-electron chi connectivity index (χ3n) is 7.78. The maximum atomic E-state index is 13.6. The SMILES string of the molecule is CC(=O)Nc1ccc(-c2ccc(O)c3c2C[C@H]2C[C@H]4CC(O)C(C(N)=O)C(=O)[C@@]4(O)C(=O)C2=C3O)cc1. The minimum absolute atomic E-state index is 0.0276. The van der Waals surface area contributed by atoms with Gasteiger partial charge < -0.3 is 31.5 Å². The quantitative estimate of drug-likeness (QED) is 0.335. The Hall–Kier alpha value is -4.02. The normalized spacial score (nSPS) is 28.7. The Morgan fingerprint density at radius 3 is 2.35 bits per heavy atom. The average Bonchev–Trinajstić information content (AvgIpc) is 2.81. The van der Waals surface area contributed by atoms with Crippen molar-refractivity contribution in [2.45, 2.75) is 37.9 Å². The van der Waals surface area contributed by atoms with Crippen LogP contribution in [0.1, 0.15) is 30.9 Å². The summed E-state index contributed by atoms with van der Waals surface area (Å²) < 4.78 is 0. The van der Waals surface area contributed by atoms with Crippen LogP contribution in [0, 0.1) is 17.8 Å². The molecule has 10 nitrogen and oxygen atoms in total. The molecule has 10 heteroatoms. The summed E-state index contributed by atoms with van der Waals surface area (Å²) in [6.45, 7) is 1.40. The van der Waals surface area contributed by atoms with E-state index in [9.17, 15) is 39.6 Å². The van der Waals surface area contributed by atoms with E-state index in [0.29, 0.717) is 16.8 Å². The van der Waals surface area contributed by atoms with Crippen LogP contribution < -0.4 is 11.1 Å². The number of nitrogens with one attached hydrogen (secondary N) is 1. The number of carbonyl (C=O) groups excluding carboxylic acids is 4. The zero-order valence-corrected chi connectivity index (χ0v) is 19.9. The van der Waals surface area contributed by atoms with Crippen LogP contribution in [0.25, 0.3) is 16.9 Å². The summed E-state index contributed by atoms with van der Waals surface area (Å²) in [4.78, 5) is 49.8. The molecule has 2 fully saturated rings. The van der Waals surface area contributed by atoms with Gasteiger partial charge in [-0.05, 0) is 60.1 Å². The number of rotatable bonds is 3. The third-order valence-corrected chi connectivity index (χ3v) is 7.78. The molecule has 5 rings (SSSR count). The van der Waals surface area contributed by atoms with E-state index in [2.05, 4.69) is 5.32 Å². The molecule has 3 aliphatic carbocycles. The van der Waals surface area contributed by atoms with Crippen LogP contribution in [0.3, 0.4) is 0 Å². The van der Waals surface area contributed by atoms with Crippen molar-refractivity contribution in [3.63, 3.8) is 0 Å². The third kappa shape index (κ3) is 3.63. The van der Waals surface area contributed by atoms with Gasteiger partial charge in [0.25, 0.3) is 0 Å². The van der Waals surface area contributed by atoms with Gasteiger partial charge in [-0.25, -0.2) is 0 Å². The molecule has 0 bridgehead atoms. The largest absolute Gasteiger partial charge is 0.507 e. The lowest BCUT2D eigenvalue weighted by Gasteiger charge is -2.48. The van der Waals surface area contributed by atoms with Gasteiger partial charge in [0.05, 0.1) is 11.7 Å². The number of fused-ring (bicyclic) bond motifs is 3. The Bertz CT molecular complexity index is 1400. The fraction of sp³-hybridized carbons (Fsp3) is 0.333. The molecule has 7 N–H and O–H groups in total. The Labute approximate surface area is 211 Å². The first-order valence-corrected chi connectivity index (χ1v) is 11.9. The summed E-state index contributed by atoms with van der Waals surface area (Å²) in [5.74, 6) is -7.69. The number of primary amides is 1. The van der Waals surface area contributed by atoms with Gasteiger partial charge >= 0.3 is 0 Å². The van der Waals surface area contributed by atoms with E-state index in [0.717, 1.165) is 5.56 Å². The second-order valence-electron chi connectivity index (χ2n) is 9.98. The van der Waals surface area contributed by atoms with E-state index in [-0.39, 0.29) is 42.1 Å². The number of hydrogen-bond donors (Lipinski definition) is 6. The van der Waals surface area contributed by atoms with Gasteiger partial charge in [0.15, 0.2) is 11.4 Å². The molecule has 2 unspecified atom stereocenters. The number of phenolic OH excluding ortho intramolecular Hbond substituents is 1. The molecule has 5 atom stereocenters. The smallest absolute Gasteiger partial charge is 0.230 e. The molecule has 192 valence electrons. The molecule has 3 aliphatic rings. The maximum absolute atomic E-state index is 13.6. The van der Waals surface area contributed by atoms with Crippen LogP contribution in [0.2, 0.25) is 0 Å². The summed E-state index contributed by atoms with van der Waals surface area (Å²) in [6, 6.07) is 10.1. The van der Waals surface area contributed by atoms with Crippen LogP contribution in [-0.2, 0) is 25.6 Å². The van der Waals surface area contributed by atoms with Gasteiger partial charge in [0, 0.05) is 24.1 Å². The number of amides is 2. The van der Waals surface area contributed by atoms with Gasteiger partial charge in [-0.2, -0.15) is 0 Å². The lowest BCUT2D eigenvalue weighted by atomic mass is 9.56. The Morgan fingerprint density at radius 2 is 1.73 bits per heavy atom. The Balaban J connectivity index is 1.61. The number of ketones is 2. The van der Waals surface area contributed by atoms with Crippen molar-refractivity contribution in [3.8, 4) is 16.9 Å². The highest BCUT2D eigenvalue weighted by Crippen LogP contribution is 2.52. The van der Waals surface area contributed by atoms with E-state index in [4.69, 9.17) is 5.73 Å². The van der Waals surface area contributed by atoms with Crippen molar-refractivity contribution in [2.24, 2.45) is 23.5 Å². The molecule has 2 aromatic carbocycles. The first-order valence-electron chi connectivity index (χ1n) is 11.9. The second-order valence-corrected chi connectivity index (χ2v) is 9.98. The minimum Gasteiger partial charge on any atom is -0.507 e. The van der Waals surface area contributed by atoms with Crippen molar-refractivity contribution in [2.75, 3.05) is 5.32 Å². The predicted molar refractivity (Wildman–Crippen MR) is 131 cm³/mol. The molecule has 0 saturated heterocycles. The first kappa shape index (κ1) is 24.7. The number of anilines is 1. The van der Waals surface area contributed by atoms with Crippen LogP contribution in [-0.4, -0.2) is 55.5 Å². The van der Waals surface area contributed by atoms with Gasteiger partial charge in [0.2, 0.25) is 17.6 Å². The zero-order valence-electron chi connectivity index (χ0n) is 19.9. The summed E-state index contributed by atoms with van der Waals surface area (Å²) in [5.41, 5.74) is 5.11. The van der Waals surface area contributed by atoms with E-state index >= 15 is 0 Å². The summed E-state index contributed by atoms with van der Waals surface area (Å²) >= 11 is 0. The standard InChI is InChI=1S/C27H26N2O8/c1-11(30)29-15-4-2-12(3-5-15)16-6-7-18(31)21-17(16)9-13-8-14-10-19(32)22(26(28)36)25(35)27(14,37)24(34)20(13)23(21)33/h2-7,13-14,19,22,31-33,37H,8-10H2,1H3,(H2,28,36)(H,29,30)/t13-,14+,19?,22?,27+/m1/s1. The van der Waals surface area contributed by atoms with Crippen molar-refractivity contribution in [3.05, 3.63) is 53.1 Å². The van der Waals surface area contributed by atoms with Crippen LogP contribution in [0.4, 0.5) is 5.69 Å². The van der Waals surface area contributed by atoms with Crippen LogP contribution in [0.5, 0.6) is 5.75 Å². The van der Waals surface area contributed by atoms with Gasteiger partial charge in [-0.1, -0.05) is 18.2 Å². The fourth-order valence-electron chi connectivity index (χ4n) is 6.13. The first-order chi connectivity index (χ1) is 17.4. The van der Waals surface area contributed by atoms with Gasteiger partial charge in [0.1, 0.15) is 17.4 Å². The molecule has 0 radical (unpaired) electrons. The van der Waals surface area contributed by atoms with E-state index in [1.54, 1.807) is 30.3 Å². The number of aromatic hydroxyl groups is 1. The summed E-state index contributed by atoms with van der Waals surface area (Å²) in [6.07, 6.45) is -1.31. The lowest BCUT2D eigenvalue weighted by molar-refractivity contribution is -0.174. The number of aliphatic hydroxyl groups is 3. The highest BCUT2D eigenvalue weighted by atomic mass is 16.3. The second kappa shape index (κ2) is 8.53. The molecular weight excluding hydrogens is 480 g/mol. The Morgan fingerprint density at radius 1 is 1.05 bits per heavy atom. The number of nitrogens with two attached hydrogens (primary N) is 1. The highest BCUT2D eigenvalue weighted by molar-refractivity contribution is 6.24. The summed E-state index contributed by atoms with van der Waals surface area (Å²) in [7, 11) is 0. The number of aliphatic hydroxyl groups excluding tert-OH is 2. The number of phenols is 1. The number of carbonyl (C=O) groups is 4. The van der Waals surface area contributed by atoms with Gasteiger partial charge in [-0.15, -0.1) is 0 Å². The van der Waals surface area contributed by atoms with E-state index in [1.165, 1.54) is 13.0 Å². The summed E-state index contributed by atoms with van der Waals surface area (Å²) in [5, 5.41) is 46.3. The monoisotopic (exact) mass is 506 g/mol. The molecule has 2 aromatic rings. The van der Waals surface area contributed by atoms with Crippen LogP contribution >= 0.6 is 0 Å². The molecule has 0 heterocycles. The molecule has 0 aromatic heterocycles. The number of Topliss-reactive ketones (excluding diaryl/α,β-unsaturated/α-hetero) is 2. The lowest BCUT2D eigenvalue weighted by Crippen LogP contribution is -2.66. The topological polar surface area (TPSA) is 187 Å². The van der Waals surface area contributed by atoms with Gasteiger partial charge in [-0.3, -0.25) is 19.2 Å². The molecule has 2 amide bonds. The van der Waals surface area contributed by atoms with Crippen molar-refractivity contribution < 1.29 is 39.6 Å². The minimum atomic E-state index is -2.61. The van der Waals surface area contributed by atoms with Crippen molar-refractivity contribution in [1.82, 2.24) is 0 Å². The molecular formula is C27H26N2O8. The molecule has 0 spiro atoms. The highest BCUT2D eigenvalue weighted by Gasteiger charge is 2.63. The number of benzene rings is 2. The number of hydrogen-bond acceptors (Lipinski definition) is 8. The average molecular weight is 507 g/mol. The van der Waals surface area contributed by atoms with Crippen molar-refractivity contribution >= 4 is 34.8 Å². The fourth-order valence-corrected chi connectivity index (χ4v) is 6.13. The Kier molecular flexibility index (Phi) is 5.69. The van der Waals surface area contributed by atoms with Crippen molar-refractivity contribution in [1.29, 1.82) is 0 Å². The van der Waals surface area contributed by atoms with E-state index < -0.39 is 52.7 Å². The predicted octanol–water partition coefficient (Wildman–Crippen LogP) is 1.21. The van der Waals surface area contributed by atoms with E-state index in [1.807, 2.05) is 0 Å².